The summed E-state index contributed by atoms with van der Waals surface area (Å²) < 4.78 is 0. The molecule has 0 radical (unpaired) electrons. The first-order valence-electron chi connectivity index (χ1n) is 6.57. The van der Waals surface area contributed by atoms with E-state index in [4.69, 9.17) is 16.7 Å². The van der Waals surface area contributed by atoms with E-state index >= 15 is 0 Å². The van der Waals surface area contributed by atoms with Crippen LogP contribution in [0.5, 0.6) is 0 Å². The van der Waals surface area contributed by atoms with Crippen LogP contribution in [0.1, 0.15) is 39.0 Å². The van der Waals surface area contributed by atoms with E-state index in [-0.39, 0.29) is 24.3 Å². The maximum Gasteiger partial charge on any atom is 0.237 e. The van der Waals surface area contributed by atoms with Gasteiger partial charge >= 0.3 is 0 Å². The number of primary amides is 1. The number of hydrogen-bond acceptors (Lipinski definition) is 4. The minimum Gasteiger partial charge on any atom is -0.409 e. The second-order valence-electron chi connectivity index (χ2n) is 4.86. The van der Waals surface area contributed by atoms with Gasteiger partial charge in [0.1, 0.15) is 0 Å². The van der Waals surface area contributed by atoms with Gasteiger partial charge in [-0.2, -0.15) is 0 Å². The Balaban J connectivity index is 2.88. The molecular formula is C12H22N4O3. The fraction of sp³-hybridized carbons (Fsp3) is 0.750. The maximum absolute atomic E-state index is 12.4. The van der Waals surface area contributed by atoms with Crippen LogP contribution in [0.3, 0.4) is 0 Å². The molecule has 108 valence electrons. The van der Waals surface area contributed by atoms with E-state index in [0.29, 0.717) is 6.42 Å². The van der Waals surface area contributed by atoms with Crippen molar-refractivity contribution in [3.05, 3.63) is 0 Å². The van der Waals surface area contributed by atoms with E-state index in [9.17, 15) is 9.59 Å². The van der Waals surface area contributed by atoms with E-state index in [1.807, 2.05) is 0 Å². The largest absolute Gasteiger partial charge is 0.409 e. The van der Waals surface area contributed by atoms with Gasteiger partial charge in [-0.05, 0) is 19.3 Å². The Morgan fingerprint density at radius 3 is 2.37 bits per heavy atom. The van der Waals surface area contributed by atoms with Crippen molar-refractivity contribution in [3.63, 3.8) is 0 Å². The average molecular weight is 270 g/mol. The van der Waals surface area contributed by atoms with Crippen LogP contribution >= 0.6 is 0 Å². The van der Waals surface area contributed by atoms with Crippen LogP contribution in [0.25, 0.3) is 0 Å². The molecule has 1 atom stereocenters. The van der Waals surface area contributed by atoms with Crippen LogP contribution in [-0.2, 0) is 9.59 Å². The van der Waals surface area contributed by atoms with Crippen molar-refractivity contribution in [3.8, 4) is 0 Å². The zero-order chi connectivity index (χ0) is 14.4. The lowest BCUT2D eigenvalue weighted by Crippen LogP contribution is -2.49. The molecule has 1 fully saturated rings. The molecule has 7 nitrogen and oxygen atoms in total. The van der Waals surface area contributed by atoms with Gasteiger partial charge in [-0.25, -0.2) is 0 Å². The van der Waals surface area contributed by atoms with E-state index in [1.54, 1.807) is 6.92 Å². The van der Waals surface area contributed by atoms with Gasteiger partial charge in [-0.3, -0.25) is 9.59 Å². The molecule has 2 amide bonds. The van der Waals surface area contributed by atoms with Crippen molar-refractivity contribution >= 4 is 17.6 Å². The lowest BCUT2D eigenvalue weighted by atomic mass is 10.0. The molecule has 0 saturated heterocycles. The van der Waals surface area contributed by atoms with Crippen LogP contribution in [0.15, 0.2) is 5.16 Å². The van der Waals surface area contributed by atoms with Gasteiger partial charge in [0.2, 0.25) is 11.8 Å². The van der Waals surface area contributed by atoms with Gasteiger partial charge < -0.3 is 21.6 Å². The number of carbonyl (C=O) groups is 2. The van der Waals surface area contributed by atoms with Crippen molar-refractivity contribution in [1.29, 1.82) is 0 Å². The molecule has 5 N–H and O–H groups in total. The summed E-state index contributed by atoms with van der Waals surface area (Å²) in [7, 11) is 0. The summed E-state index contributed by atoms with van der Waals surface area (Å²) in [6, 6.07) is 0.0283. The predicted octanol–water partition coefficient (Wildman–Crippen LogP) is 0.0155. The highest BCUT2D eigenvalue weighted by Gasteiger charge is 2.33. The average Bonchev–Trinajstić information content (AvgIpc) is 2.89. The van der Waals surface area contributed by atoms with Crippen molar-refractivity contribution in [1.82, 2.24) is 4.90 Å². The quantitative estimate of drug-likeness (QED) is 0.272. The SMILES string of the molecule is CCC(C(=O)N(CC(N)=O)C1CCCC1)C(N)=NO. The summed E-state index contributed by atoms with van der Waals surface area (Å²) in [5.41, 5.74) is 10.7. The van der Waals surface area contributed by atoms with Crippen LogP contribution in [0, 0.1) is 5.92 Å². The molecule has 0 aromatic heterocycles. The fourth-order valence-corrected chi connectivity index (χ4v) is 2.55. The summed E-state index contributed by atoms with van der Waals surface area (Å²) in [6.45, 7) is 1.66. The first kappa shape index (κ1) is 15.3. The van der Waals surface area contributed by atoms with Crippen molar-refractivity contribution < 1.29 is 14.8 Å². The summed E-state index contributed by atoms with van der Waals surface area (Å²) in [5.74, 6) is -1.66. The number of oxime groups is 1. The number of hydrogen-bond donors (Lipinski definition) is 3. The van der Waals surface area contributed by atoms with Crippen molar-refractivity contribution in [2.24, 2.45) is 22.5 Å². The van der Waals surface area contributed by atoms with Gasteiger partial charge in [0.15, 0.2) is 5.84 Å². The van der Waals surface area contributed by atoms with E-state index in [2.05, 4.69) is 5.16 Å². The Labute approximate surface area is 112 Å². The van der Waals surface area contributed by atoms with Crippen LogP contribution in [0.2, 0.25) is 0 Å². The first-order chi connectivity index (χ1) is 9.01. The highest BCUT2D eigenvalue weighted by atomic mass is 16.4. The molecule has 1 aliphatic carbocycles. The fourth-order valence-electron chi connectivity index (χ4n) is 2.55. The number of nitrogens with two attached hydrogens (primary N) is 2. The number of amides is 2. The van der Waals surface area contributed by atoms with Crippen LogP contribution in [0.4, 0.5) is 0 Å². The summed E-state index contributed by atoms with van der Waals surface area (Å²) in [4.78, 5) is 25.1. The van der Waals surface area contributed by atoms with Gasteiger partial charge in [0, 0.05) is 6.04 Å². The van der Waals surface area contributed by atoms with Crippen LogP contribution in [-0.4, -0.2) is 40.3 Å². The Morgan fingerprint density at radius 1 is 1.37 bits per heavy atom. The van der Waals surface area contributed by atoms with E-state index < -0.39 is 11.8 Å². The predicted molar refractivity (Wildman–Crippen MR) is 70.4 cm³/mol. The zero-order valence-corrected chi connectivity index (χ0v) is 11.2. The maximum atomic E-state index is 12.4. The third-order valence-electron chi connectivity index (χ3n) is 3.55. The van der Waals surface area contributed by atoms with Crippen LogP contribution < -0.4 is 11.5 Å². The standard InChI is InChI=1S/C12H22N4O3/c1-2-9(11(14)15-19)12(18)16(7-10(13)17)8-5-3-4-6-8/h8-9,19H,2-7H2,1H3,(H2,13,17)(H2,14,15). The molecule has 0 aromatic carbocycles. The number of rotatable bonds is 6. The monoisotopic (exact) mass is 270 g/mol. The second-order valence-corrected chi connectivity index (χ2v) is 4.86. The van der Waals surface area contributed by atoms with Gasteiger partial charge in [0.25, 0.3) is 0 Å². The minimum atomic E-state index is -0.704. The molecule has 7 heteroatoms. The number of amidine groups is 1. The van der Waals surface area contributed by atoms with Crippen molar-refractivity contribution in [2.45, 2.75) is 45.1 Å². The van der Waals surface area contributed by atoms with E-state index in [1.165, 1.54) is 4.90 Å². The summed E-state index contributed by atoms with van der Waals surface area (Å²) in [5, 5.41) is 11.6. The third kappa shape index (κ3) is 3.84. The summed E-state index contributed by atoms with van der Waals surface area (Å²) >= 11 is 0. The molecule has 0 aliphatic heterocycles. The molecule has 1 aliphatic rings. The molecule has 0 spiro atoms. The normalized spacial score (nSPS) is 18.3. The number of carbonyl (C=O) groups excluding carboxylic acids is 2. The Morgan fingerprint density at radius 2 is 1.95 bits per heavy atom. The molecule has 1 rings (SSSR count). The molecule has 19 heavy (non-hydrogen) atoms. The second kappa shape index (κ2) is 6.96. The Hall–Kier alpha value is -1.79. The topological polar surface area (TPSA) is 122 Å². The lowest BCUT2D eigenvalue weighted by Gasteiger charge is -2.30. The molecular weight excluding hydrogens is 248 g/mol. The Kier molecular flexibility index (Phi) is 5.59. The zero-order valence-electron chi connectivity index (χ0n) is 11.2. The Bertz CT molecular complexity index is 364. The van der Waals surface area contributed by atoms with Gasteiger partial charge in [-0.1, -0.05) is 24.9 Å². The van der Waals surface area contributed by atoms with Gasteiger partial charge in [-0.15, -0.1) is 0 Å². The highest BCUT2D eigenvalue weighted by Crippen LogP contribution is 2.25. The molecule has 0 heterocycles. The lowest BCUT2D eigenvalue weighted by molar-refractivity contribution is -0.139. The number of nitrogens with zero attached hydrogens (tertiary/aromatic N) is 2. The summed E-state index contributed by atoms with van der Waals surface area (Å²) in [6.07, 6.45) is 4.22. The highest BCUT2D eigenvalue weighted by molar-refractivity contribution is 6.02. The molecule has 1 saturated carbocycles. The minimum absolute atomic E-state index is 0.0283. The van der Waals surface area contributed by atoms with E-state index in [0.717, 1.165) is 25.7 Å². The molecule has 1 unspecified atom stereocenters. The molecule has 0 bridgehead atoms. The first-order valence-corrected chi connectivity index (χ1v) is 6.57. The third-order valence-corrected chi connectivity index (χ3v) is 3.55. The molecule has 0 aromatic rings. The smallest absolute Gasteiger partial charge is 0.237 e. The van der Waals surface area contributed by atoms with Gasteiger partial charge in [0.05, 0.1) is 12.5 Å². The van der Waals surface area contributed by atoms with Crippen molar-refractivity contribution in [2.75, 3.05) is 6.54 Å².